The monoisotopic (exact) mass is 1050 g/mol. The van der Waals surface area contributed by atoms with Crippen molar-refractivity contribution < 1.29 is 28.6 Å². The third-order valence-electron chi connectivity index (χ3n) is 14.2. The van der Waals surface area contributed by atoms with E-state index in [0.29, 0.717) is 19.3 Å². The van der Waals surface area contributed by atoms with Gasteiger partial charge in [-0.25, -0.2) is 0 Å². The van der Waals surface area contributed by atoms with Gasteiger partial charge in [0.2, 0.25) is 0 Å². The Morgan fingerprint density at radius 3 is 0.840 bits per heavy atom. The van der Waals surface area contributed by atoms with Crippen molar-refractivity contribution in [3.63, 3.8) is 0 Å². The zero-order chi connectivity index (χ0) is 54.3. The van der Waals surface area contributed by atoms with Crippen molar-refractivity contribution in [1.82, 2.24) is 0 Å². The highest BCUT2D eigenvalue weighted by Gasteiger charge is 2.19. The van der Waals surface area contributed by atoms with Crippen LogP contribution in [0, 0.1) is 0 Å². The quantitative estimate of drug-likeness (QED) is 0.0261. The minimum Gasteiger partial charge on any atom is -0.462 e. The average molecular weight is 1050 g/mol. The number of esters is 3. The molecule has 0 saturated heterocycles. The Kier molecular flexibility index (Phi) is 60.7. The second-order valence-electron chi connectivity index (χ2n) is 21.7. The maximum atomic E-state index is 12.9. The van der Waals surface area contributed by atoms with E-state index in [1.54, 1.807) is 0 Å². The predicted molar refractivity (Wildman–Crippen MR) is 325 cm³/mol. The molecule has 434 valence electrons. The van der Waals surface area contributed by atoms with Crippen LogP contribution in [0.2, 0.25) is 0 Å². The Labute approximate surface area is 465 Å². The second-order valence-corrected chi connectivity index (χ2v) is 21.7. The van der Waals surface area contributed by atoms with Crippen LogP contribution in [-0.2, 0) is 28.6 Å². The topological polar surface area (TPSA) is 78.9 Å². The summed E-state index contributed by atoms with van der Waals surface area (Å²) in [5, 5.41) is 0. The van der Waals surface area contributed by atoms with Crippen LogP contribution in [0.15, 0.2) is 72.9 Å². The minimum absolute atomic E-state index is 0.0915. The molecule has 0 aliphatic rings. The molecule has 6 heteroatoms. The van der Waals surface area contributed by atoms with Crippen molar-refractivity contribution in [2.45, 2.75) is 335 Å². The molecule has 0 aromatic rings. The molecule has 0 aliphatic carbocycles. The summed E-state index contributed by atoms with van der Waals surface area (Å²) in [6.07, 6.45) is 81.9. The number of hydrogen-bond acceptors (Lipinski definition) is 6. The molecule has 1 atom stereocenters. The van der Waals surface area contributed by atoms with E-state index in [4.69, 9.17) is 14.2 Å². The number of unbranched alkanes of at least 4 members (excludes halogenated alkanes) is 36. The third kappa shape index (κ3) is 61.6. The van der Waals surface area contributed by atoms with E-state index in [-0.39, 0.29) is 37.5 Å². The van der Waals surface area contributed by atoms with E-state index in [0.717, 1.165) is 64.2 Å². The predicted octanol–water partition coefficient (Wildman–Crippen LogP) is 22.1. The van der Waals surface area contributed by atoms with Crippen molar-refractivity contribution >= 4 is 17.9 Å². The molecule has 75 heavy (non-hydrogen) atoms. The molecule has 0 unspecified atom stereocenters. The van der Waals surface area contributed by atoms with Gasteiger partial charge in [0.15, 0.2) is 6.10 Å². The van der Waals surface area contributed by atoms with Crippen LogP contribution >= 0.6 is 0 Å². The van der Waals surface area contributed by atoms with Crippen LogP contribution in [0.4, 0.5) is 0 Å². The molecule has 0 aromatic carbocycles. The zero-order valence-corrected chi connectivity index (χ0v) is 49.8. The lowest BCUT2D eigenvalue weighted by molar-refractivity contribution is -0.167. The number of ether oxygens (including phenoxy) is 3. The van der Waals surface area contributed by atoms with E-state index < -0.39 is 6.10 Å². The van der Waals surface area contributed by atoms with E-state index in [1.807, 2.05) is 0 Å². The van der Waals surface area contributed by atoms with Crippen molar-refractivity contribution in [2.75, 3.05) is 13.2 Å². The highest BCUT2D eigenvalue weighted by atomic mass is 16.6. The van der Waals surface area contributed by atoms with Gasteiger partial charge >= 0.3 is 17.9 Å². The lowest BCUT2D eigenvalue weighted by Gasteiger charge is -2.18. The Balaban J connectivity index is 4.41. The first-order chi connectivity index (χ1) is 37.0. The Morgan fingerprint density at radius 1 is 0.267 bits per heavy atom. The summed E-state index contributed by atoms with van der Waals surface area (Å²) >= 11 is 0. The SMILES string of the molecule is CCCCC/C=C\C/C=C\CCCCCCCCCCCC(=O)O[C@@H](COC(=O)CCC/C=C\C/C=C\C/C=C\CCCCCCCC)COC(=O)CCCCCCCCCCCCC/C=C\CCCCCCCC. The van der Waals surface area contributed by atoms with Crippen molar-refractivity contribution in [2.24, 2.45) is 0 Å². The molecule has 0 aliphatic heterocycles. The van der Waals surface area contributed by atoms with Crippen molar-refractivity contribution in [1.29, 1.82) is 0 Å². The van der Waals surface area contributed by atoms with Crippen LogP contribution in [0.5, 0.6) is 0 Å². The standard InChI is InChI=1S/C69H122O6/c1-4-7-10-13-16-19-22-25-28-31-33-34-36-38-41-44-47-50-53-56-59-62-68(71)74-65-66(64-73-67(70)61-58-55-52-49-46-43-40-37-30-27-24-21-18-15-12-9-6-3)75-69(72)63-60-57-54-51-48-45-42-39-35-32-29-26-23-20-17-14-11-8-5-2/h17,20,25-30,40,43,49,52,66H,4-16,18-19,21-24,31-39,41-42,44-48,50-51,53-65H2,1-3H3/b20-17-,28-25-,29-26-,30-27-,43-40-,52-49-/t66-/m0/s1. The summed E-state index contributed by atoms with van der Waals surface area (Å²) < 4.78 is 16.9. The van der Waals surface area contributed by atoms with E-state index >= 15 is 0 Å². The second kappa shape index (κ2) is 63.4. The van der Waals surface area contributed by atoms with Gasteiger partial charge in [0.1, 0.15) is 13.2 Å². The van der Waals surface area contributed by atoms with Crippen LogP contribution in [0.3, 0.4) is 0 Å². The van der Waals surface area contributed by atoms with Gasteiger partial charge in [-0.1, -0.05) is 273 Å². The number of hydrogen-bond donors (Lipinski definition) is 0. The van der Waals surface area contributed by atoms with Crippen LogP contribution in [-0.4, -0.2) is 37.2 Å². The summed E-state index contributed by atoms with van der Waals surface area (Å²) in [4.78, 5) is 38.3. The molecular formula is C69H122O6. The van der Waals surface area contributed by atoms with Crippen LogP contribution in [0.1, 0.15) is 329 Å². The first-order valence-electron chi connectivity index (χ1n) is 32.4. The molecule has 0 amide bonds. The number of allylic oxidation sites excluding steroid dienone is 12. The fourth-order valence-electron chi connectivity index (χ4n) is 9.25. The van der Waals surface area contributed by atoms with E-state index in [2.05, 4.69) is 93.7 Å². The molecule has 0 bridgehead atoms. The zero-order valence-electron chi connectivity index (χ0n) is 49.8. The first kappa shape index (κ1) is 71.8. The van der Waals surface area contributed by atoms with Gasteiger partial charge in [-0.15, -0.1) is 0 Å². The molecule has 0 N–H and O–H groups in total. The van der Waals surface area contributed by atoms with Crippen molar-refractivity contribution in [3.05, 3.63) is 72.9 Å². The fourth-order valence-corrected chi connectivity index (χ4v) is 9.25. The van der Waals surface area contributed by atoms with Crippen LogP contribution in [0.25, 0.3) is 0 Å². The molecular weight excluding hydrogens is 925 g/mol. The molecule has 0 spiro atoms. The van der Waals surface area contributed by atoms with Gasteiger partial charge in [0, 0.05) is 19.3 Å². The molecule has 0 aromatic heterocycles. The fraction of sp³-hybridized carbons (Fsp3) is 0.783. The highest BCUT2D eigenvalue weighted by molar-refractivity contribution is 5.71. The number of rotatable bonds is 59. The van der Waals surface area contributed by atoms with Gasteiger partial charge in [0.25, 0.3) is 0 Å². The smallest absolute Gasteiger partial charge is 0.306 e. The molecule has 0 heterocycles. The largest absolute Gasteiger partial charge is 0.462 e. The van der Waals surface area contributed by atoms with E-state index in [1.165, 1.54) is 218 Å². The van der Waals surface area contributed by atoms with Gasteiger partial charge < -0.3 is 14.2 Å². The summed E-state index contributed by atoms with van der Waals surface area (Å²) in [7, 11) is 0. The highest BCUT2D eigenvalue weighted by Crippen LogP contribution is 2.16. The first-order valence-corrected chi connectivity index (χ1v) is 32.4. The summed E-state index contributed by atoms with van der Waals surface area (Å²) in [6, 6.07) is 0. The lowest BCUT2D eigenvalue weighted by atomic mass is 10.0. The number of carbonyl (C=O) groups excluding carboxylic acids is 3. The molecule has 0 fully saturated rings. The van der Waals surface area contributed by atoms with E-state index in [9.17, 15) is 14.4 Å². The summed E-state index contributed by atoms with van der Waals surface area (Å²) in [6.45, 7) is 6.60. The molecule has 0 radical (unpaired) electrons. The molecule has 0 saturated carbocycles. The maximum absolute atomic E-state index is 12.9. The average Bonchev–Trinajstić information content (AvgIpc) is 3.41. The Hall–Kier alpha value is -3.15. The summed E-state index contributed by atoms with van der Waals surface area (Å²) in [5.74, 6) is -0.936. The maximum Gasteiger partial charge on any atom is 0.306 e. The van der Waals surface area contributed by atoms with Gasteiger partial charge in [-0.05, 0) is 109 Å². The van der Waals surface area contributed by atoms with Gasteiger partial charge in [0.05, 0.1) is 0 Å². The van der Waals surface area contributed by atoms with Crippen LogP contribution < -0.4 is 0 Å². The van der Waals surface area contributed by atoms with Crippen molar-refractivity contribution in [3.8, 4) is 0 Å². The summed E-state index contributed by atoms with van der Waals surface area (Å²) in [5.41, 5.74) is 0. The third-order valence-corrected chi connectivity index (χ3v) is 14.2. The Bertz CT molecular complexity index is 1390. The van der Waals surface area contributed by atoms with Gasteiger partial charge in [-0.3, -0.25) is 14.4 Å². The molecule has 6 nitrogen and oxygen atoms in total. The minimum atomic E-state index is -0.799. The number of carbonyl (C=O) groups is 3. The Morgan fingerprint density at radius 2 is 0.493 bits per heavy atom. The normalized spacial score (nSPS) is 12.5. The lowest BCUT2D eigenvalue weighted by Crippen LogP contribution is -2.30. The van der Waals surface area contributed by atoms with Gasteiger partial charge in [-0.2, -0.15) is 0 Å². The molecule has 0 rings (SSSR count).